The molecule has 1 aromatic rings. The molecule has 46 heavy (non-hydrogen) atoms. The van der Waals surface area contributed by atoms with Crippen molar-refractivity contribution >= 4 is 12.3 Å². The molecule has 0 saturated heterocycles. The summed E-state index contributed by atoms with van der Waals surface area (Å²) in [6.07, 6.45) is 11.5. The average Bonchev–Trinajstić information content (AvgIpc) is 2.87. The molecule has 0 spiro atoms. The molecule has 1 aromatic carbocycles. The van der Waals surface area contributed by atoms with E-state index in [9.17, 15) is 14.7 Å². The van der Waals surface area contributed by atoms with Gasteiger partial charge in [-0.2, -0.15) is 0 Å². The molecule has 260 valence electrons. The topological polar surface area (TPSA) is 91.3 Å². The van der Waals surface area contributed by atoms with Crippen molar-refractivity contribution < 1.29 is 33.6 Å². The third kappa shape index (κ3) is 16.0. The monoisotopic (exact) mass is 642 g/mol. The first-order valence-electron chi connectivity index (χ1n) is 16.6. The van der Waals surface area contributed by atoms with Crippen LogP contribution in [0.4, 0.5) is 9.59 Å². The van der Waals surface area contributed by atoms with Gasteiger partial charge in [0.15, 0.2) is 0 Å². The number of hydrogen-bond donors (Lipinski definition) is 1. The number of aliphatic hydroxyl groups is 1. The first-order valence-corrected chi connectivity index (χ1v) is 16.6. The van der Waals surface area contributed by atoms with Gasteiger partial charge in [-0.25, -0.2) is 9.59 Å². The summed E-state index contributed by atoms with van der Waals surface area (Å²) >= 11 is 0. The summed E-state index contributed by atoms with van der Waals surface area (Å²) in [4.78, 5) is 25.4. The SMILES string of the molecule is CC(C)=CCC/C(C)=C/CC/C(C)=C/CCC(C)(O)CCc1c(C)c(OC(=O)OC(C)(C)C)c(C)c(C)c1OC(=O)OC(C)(C)C. The van der Waals surface area contributed by atoms with Gasteiger partial charge in [0.05, 0.1) is 5.60 Å². The van der Waals surface area contributed by atoms with E-state index < -0.39 is 29.1 Å². The van der Waals surface area contributed by atoms with E-state index in [0.29, 0.717) is 53.0 Å². The van der Waals surface area contributed by atoms with Crippen LogP contribution in [-0.4, -0.2) is 34.2 Å². The minimum absolute atomic E-state index is 0.358. The second kappa shape index (κ2) is 17.7. The molecule has 0 heterocycles. The van der Waals surface area contributed by atoms with Crippen LogP contribution in [0.25, 0.3) is 0 Å². The Morgan fingerprint density at radius 3 is 1.54 bits per heavy atom. The van der Waals surface area contributed by atoms with Crippen molar-refractivity contribution in [2.75, 3.05) is 0 Å². The molecular weight excluding hydrogens is 580 g/mol. The maximum absolute atomic E-state index is 12.8. The van der Waals surface area contributed by atoms with Crippen LogP contribution >= 0.6 is 0 Å². The first kappa shape index (κ1) is 41.0. The zero-order valence-corrected chi connectivity index (χ0v) is 31.3. The summed E-state index contributed by atoms with van der Waals surface area (Å²) in [7, 11) is 0. The predicted molar refractivity (Wildman–Crippen MR) is 188 cm³/mol. The van der Waals surface area contributed by atoms with Crippen molar-refractivity contribution in [3.8, 4) is 11.5 Å². The molecular formula is C39H62O7. The van der Waals surface area contributed by atoms with Crippen molar-refractivity contribution in [3.05, 3.63) is 57.2 Å². The highest BCUT2D eigenvalue weighted by atomic mass is 16.7. The third-order valence-corrected chi connectivity index (χ3v) is 7.67. The highest BCUT2D eigenvalue weighted by molar-refractivity contribution is 5.71. The molecule has 0 aliphatic heterocycles. The normalized spacial score (nSPS) is 14.0. The van der Waals surface area contributed by atoms with Crippen LogP contribution in [0.2, 0.25) is 0 Å². The molecule has 0 aliphatic carbocycles. The molecule has 1 rings (SSSR count). The van der Waals surface area contributed by atoms with Gasteiger partial charge in [0.1, 0.15) is 22.7 Å². The van der Waals surface area contributed by atoms with E-state index >= 15 is 0 Å². The number of allylic oxidation sites excluding steroid dienone is 6. The van der Waals surface area contributed by atoms with E-state index in [0.717, 1.165) is 32.1 Å². The number of carbonyl (C=O) groups is 2. The van der Waals surface area contributed by atoms with Gasteiger partial charge < -0.3 is 24.1 Å². The molecule has 1 atom stereocenters. The summed E-state index contributed by atoms with van der Waals surface area (Å²) in [5.41, 5.74) is 4.27. The van der Waals surface area contributed by atoms with E-state index in [1.54, 1.807) is 48.5 Å². The maximum Gasteiger partial charge on any atom is 0.514 e. The number of benzene rings is 1. The Balaban J connectivity index is 3.11. The minimum Gasteiger partial charge on any atom is -0.428 e. The number of hydrogen-bond acceptors (Lipinski definition) is 7. The van der Waals surface area contributed by atoms with Crippen LogP contribution in [-0.2, 0) is 15.9 Å². The largest absolute Gasteiger partial charge is 0.514 e. The molecule has 0 bridgehead atoms. The second-order valence-corrected chi connectivity index (χ2v) is 15.1. The summed E-state index contributed by atoms with van der Waals surface area (Å²) in [6.45, 7) is 26.5. The second-order valence-electron chi connectivity index (χ2n) is 15.1. The predicted octanol–water partition coefficient (Wildman–Crippen LogP) is 11.1. The number of carbonyl (C=O) groups excluding carboxylic acids is 2. The summed E-state index contributed by atoms with van der Waals surface area (Å²) in [5, 5.41) is 11.4. The van der Waals surface area contributed by atoms with Crippen LogP contribution in [0.3, 0.4) is 0 Å². The third-order valence-electron chi connectivity index (χ3n) is 7.67. The van der Waals surface area contributed by atoms with Crippen LogP contribution < -0.4 is 9.47 Å². The summed E-state index contributed by atoms with van der Waals surface area (Å²) in [5.74, 6) is 0.717. The quantitative estimate of drug-likeness (QED) is 0.123. The number of rotatable bonds is 14. The molecule has 1 unspecified atom stereocenters. The molecule has 7 nitrogen and oxygen atoms in total. The van der Waals surface area contributed by atoms with Crippen LogP contribution in [0.5, 0.6) is 11.5 Å². The van der Waals surface area contributed by atoms with Gasteiger partial charge in [0, 0.05) is 5.56 Å². The molecule has 0 fully saturated rings. The Hall–Kier alpha value is -3.06. The van der Waals surface area contributed by atoms with Gasteiger partial charge in [-0.05, 0) is 165 Å². The minimum atomic E-state index is -0.973. The molecule has 0 aromatic heterocycles. The molecule has 0 aliphatic rings. The van der Waals surface area contributed by atoms with Crippen LogP contribution in [0.1, 0.15) is 143 Å². The van der Waals surface area contributed by atoms with Crippen molar-refractivity contribution in [1.29, 1.82) is 0 Å². The fourth-order valence-electron chi connectivity index (χ4n) is 4.94. The Morgan fingerprint density at radius 1 is 0.630 bits per heavy atom. The molecule has 0 saturated carbocycles. The van der Waals surface area contributed by atoms with E-state index in [-0.39, 0.29) is 0 Å². The highest BCUT2D eigenvalue weighted by Crippen LogP contribution is 2.40. The molecule has 1 N–H and O–H groups in total. The van der Waals surface area contributed by atoms with Crippen LogP contribution in [0, 0.1) is 20.8 Å². The van der Waals surface area contributed by atoms with E-state index in [2.05, 4.69) is 45.9 Å². The lowest BCUT2D eigenvalue weighted by Gasteiger charge is -2.27. The molecule has 0 radical (unpaired) electrons. The summed E-state index contributed by atoms with van der Waals surface area (Å²) in [6, 6.07) is 0. The average molecular weight is 643 g/mol. The van der Waals surface area contributed by atoms with Crippen molar-refractivity contribution in [2.24, 2.45) is 0 Å². The Kier molecular flexibility index (Phi) is 15.8. The van der Waals surface area contributed by atoms with Crippen molar-refractivity contribution in [2.45, 2.75) is 165 Å². The maximum atomic E-state index is 12.8. The van der Waals surface area contributed by atoms with E-state index in [1.807, 2.05) is 20.8 Å². The van der Waals surface area contributed by atoms with Gasteiger partial charge in [0.25, 0.3) is 0 Å². The number of ether oxygens (including phenoxy) is 4. The Bertz CT molecular complexity index is 1280. The van der Waals surface area contributed by atoms with Crippen molar-refractivity contribution in [3.63, 3.8) is 0 Å². The Labute approximate surface area is 279 Å². The lowest BCUT2D eigenvalue weighted by molar-refractivity contribution is 0.0178. The summed E-state index contributed by atoms with van der Waals surface area (Å²) < 4.78 is 22.3. The lowest BCUT2D eigenvalue weighted by atomic mass is 9.88. The fourth-order valence-corrected chi connectivity index (χ4v) is 4.94. The van der Waals surface area contributed by atoms with Gasteiger partial charge in [-0.15, -0.1) is 0 Å². The Morgan fingerprint density at radius 2 is 1.07 bits per heavy atom. The molecule has 0 amide bonds. The lowest BCUT2D eigenvalue weighted by Crippen LogP contribution is -2.28. The molecule has 7 heteroatoms. The van der Waals surface area contributed by atoms with Crippen molar-refractivity contribution in [1.82, 2.24) is 0 Å². The highest BCUT2D eigenvalue weighted by Gasteiger charge is 2.29. The zero-order valence-electron chi connectivity index (χ0n) is 31.3. The van der Waals surface area contributed by atoms with Crippen LogP contribution in [0.15, 0.2) is 34.9 Å². The van der Waals surface area contributed by atoms with E-state index in [1.165, 1.54) is 16.7 Å². The first-order chi connectivity index (χ1) is 21.0. The standard InChI is InChI=1S/C39H62O7/c1-26(2)18-15-19-27(3)20-16-21-28(4)22-17-24-39(14,42)25-23-32-31(7)33(43-35(40)45-37(8,9)10)29(5)30(6)34(32)44-36(41)46-38(11,12)13/h18,20,22,42H,15-17,19,21,23-25H2,1-14H3/b27-20+,28-22+. The van der Waals surface area contributed by atoms with E-state index in [4.69, 9.17) is 18.9 Å². The van der Waals surface area contributed by atoms with Gasteiger partial charge in [-0.1, -0.05) is 34.9 Å². The zero-order chi connectivity index (χ0) is 35.5. The van der Waals surface area contributed by atoms with Gasteiger partial charge in [-0.3, -0.25) is 0 Å². The fraction of sp³-hybridized carbons (Fsp3) is 0.641. The smallest absolute Gasteiger partial charge is 0.428 e. The van der Waals surface area contributed by atoms with Gasteiger partial charge >= 0.3 is 12.3 Å². The van der Waals surface area contributed by atoms with Gasteiger partial charge in [0.2, 0.25) is 0 Å².